The Bertz CT molecular complexity index is 387. The van der Waals surface area contributed by atoms with Crippen molar-refractivity contribution in [3.05, 3.63) is 29.6 Å². The summed E-state index contributed by atoms with van der Waals surface area (Å²) in [5.74, 6) is -1.44. The van der Waals surface area contributed by atoms with E-state index in [9.17, 15) is 26.3 Å². The van der Waals surface area contributed by atoms with Crippen LogP contribution in [0.5, 0.6) is 0 Å². The van der Waals surface area contributed by atoms with Crippen molar-refractivity contribution >= 4 is 5.69 Å². The Morgan fingerprint density at radius 3 is 2.24 bits per heavy atom. The van der Waals surface area contributed by atoms with E-state index in [1.807, 2.05) is 0 Å². The summed E-state index contributed by atoms with van der Waals surface area (Å²) in [5, 5.41) is 2.16. The molecule has 1 nitrogen and oxygen atoms in total. The maximum atomic E-state index is 12.9. The molecule has 0 aliphatic rings. The summed E-state index contributed by atoms with van der Waals surface area (Å²) in [6.45, 7) is 1.11. The number of halogens is 6. The molecule has 1 N–H and O–H groups in total. The predicted octanol–water partition coefficient (Wildman–Crippen LogP) is 3.91. The first kappa shape index (κ1) is 13.7. The molecule has 0 aliphatic carbocycles. The molecule has 1 aromatic rings. The molecular weight excluding hydrogens is 248 g/mol. The SMILES string of the molecule is CC(Nc1ccc(F)c(C(F)(F)F)c1)C(F)F. The van der Waals surface area contributed by atoms with Gasteiger partial charge >= 0.3 is 6.18 Å². The molecule has 1 aromatic carbocycles. The van der Waals surface area contributed by atoms with Gasteiger partial charge < -0.3 is 5.32 Å². The first-order valence-corrected chi connectivity index (χ1v) is 4.63. The lowest BCUT2D eigenvalue weighted by molar-refractivity contribution is -0.139. The fourth-order valence-corrected chi connectivity index (χ4v) is 1.16. The van der Waals surface area contributed by atoms with Gasteiger partial charge in [0, 0.05) is 5.69 Å². The molecule has 1 unspecified atom stereocenters. The van der Waals surface area contributed by atoms with Crippen molar-refractivity contribution in [3.63, 3.8) is 0 Å². The number of benzene rings is 1. The number of hydrogen-bond donors (Lipinski definition) is 1. The van der Waals surface area contributed by atoms with Crippen molar-refractivity contribution in [3.8, 4) is 0 Å². The maximum absolute atomic E-state index is 12.9. The minimum atomic E-state index is -4.85. The molecule has 17 heavy (non-hydrogen) atoms. The Balaban J connectivity index is 2.97. The molecule has 0 fully saturated rings. The van der Waals surface area contributed by atoms with Gasteiger partial charge in [0.05, 0.1) is 11.6 Å². The van der Waals surface area contributed by atoms with E-state index in [1.54, 1.807) is 0 Å². The van der Waals surface area contributed by atoms with Crippen LogP contribution in [-0.4, -0.2) is 12.5 Å². The quantitative estimate of drug-likeness (QED) is 0.809. The average Bonchev–Trinajstić information content (AvgIpc) is 2.19. The molecule has 0 heterocycles. The standard InChI is InChI=1S/C10H9F6N/c1-5(9(12)13)17-6-2-3-8(11)7(4-6)10(14,15)16/h2-5,9,17H,1H3. The van der Waals surface area contributed by atoms with E-state index in [2.05, 4.69) is 5.32 Å². The fraction of sp³-hybridized carbons (Fsp3) is 0.400. The van der Waals surface area contributed by atoms with Crippen molar-refractivity contribution in [1.82, 2.24) is 0 Å². The van der Waals surface area contributed by atoms with Crippen molar-refractivity contribution < 1.29 is 26.3 Å². The van der Waals surface area contributed by atoms with Crippen LogP contribution in [0.1, 0.15) is 12.5 Å². The molecule has 96 valence electrons. The molecule has 0 saturated heterocycles. The monoisotopic (exact) mass is 257 g/mol. The normalized spacial score (nSPS) is 13.9. The number of hydrogen-bond acceptors (Lipinski definition) is 1. The highest BCUT2D eigenvalue weighted by molar-refractivity contribution is 5.47. The maximum Gasteiger partial charge on any atom is 0.419 e. The molecular formula is C10H9F6N. The van der Waals surface area contributed by atoms with E-state index in [-0.39, 0.29) is 5.69 Å². The summed E-state index contributed by atoms with van der Waals surface area (Å²) in [7, 11) is 0. The Morgan fingerprint density at radius 1 is 1.18 bits per heavy atom. The molecule has 0 aliphatic heterocycles. The van der Waals surface area contributed by atoms with Crippen molar-refractivity contribution in [1.29, 1.82) is 0 Å². The summed E-state index contributed by atoms with van der Waals surface area (Å²) in [5.41, 5.74) is -1.68. The molecule has 0 saturated carbocycles. The molecule has 0 amide bonds. The summed E-state index contributed by atoms with van der Waals surface area (Å²) in [4.78, 5) is 0. The first-order chi connectivity index (χ1) is 7.71. The first-order valence-electron chi connectivity index (χ1n) is 4.63. The highest BCUT2D eigenvalue weighted by atomic mass is 19.4. The number of rotatable bonds is 3. The fourth-order valence-electron chi connectivity index (χ4n) is 1.16. The van der Waals surface area contributed by atoms with E-state index in [0.29, 0.717) is 12.1 Å². The van der Waals surface area contributed by atoms with E-state index in [1.165, 1.54) is 0 Å². The minimum absolute atomic E-state index is 0.202. The second-order valence-electron chi connectivity index (χ2n) is 3.46. The molecule has 0 aromatic heterocycles. The Hall–Kier alpha value is -1.40. The molecule has 1 atom stereocenters. The van der Waals surface area contributed by atoms with Gasteiger partial charge in [-0.2, -0.15) is 13.2 Å². The van der Waals surface area contributed by atoms with Crippen LogP contribution in [0, 0.1) is 5.82 Å². The largest absolute Gasteiger partial charge is 0.419 e. The van der Waals surface area contributed by atoms with E-state index >= 15 is 0 Å². The summed E-state index contributed by atoms with van der Waals surface area (Å²) in [6, 6.07) is 0.711. The molecule has 7 heteroatoms. The zero-order valence-electron chi connectivity index (χ0n) is 8.65. The van der Waals surface area contributed by atoms with Crippen molar-refractivity contribution in [2.75, 3.05) is 5.32 Å². The Morgan fingerprint density at radius 2 is 1.76 bits per heavy atom. The summed E-state index contributed by atoms with van der Waals surface area (Å²) >= 11 is 0. The van der Waals surface area contributed by atoms with Crippen molar-refractivity contribution in [2.24, 2.45) is 0 Å². The third-order valence-corrected chi connectivity index (χ3v) is 2.04. The van der Waals surface area contributed by atoms with E-state index in [4.69, 9.17) is 0 Å². The highest BCUT2D eigenvalue weighted by Crippen LogP contribution is 2.33. The molecule has 0 radical (unpaired) electrons. The third-order valence-electron chi connectivity index (χ3n) is 2.04. The molecule has 0 spiro atoms. The van der Waals surface area contributed by atoms with Crippen LogP contribution in [0.3, 0.4) is 0 Å². The zero-order valence-corrected chi connectivity index (χ0v) is 8.65. The third kappa shape index (κ3) is 3.54. The van der Waals surface area contributed by atoms with Gasteiger partial charge in [0.15, 0.2) is 0 Å². The van der Waals surface area contributed by atoms with Crippen LogP contribution in [0.2, 0.25) is 0 Å². The minimum Gasteiger partial charge on any atom is -0.377 e. The second kappa shape index (κ2) is 4.85. The number of nitrogens with one attached hydrogen (secondary N) is 1. The lowest BCUT2D eigenvalue weighted by atomic mass is 10.1. The summed E-state index contributed by atoms with van der Waals surface area (Å²) in [6.07, 6.45) is -7.58. The lowest BCUT2D eigenvalue weighted by Gasteiger charge is -2.16. The van der Waals surface area contributed by atoms with Gasteiger partial charge in [0.25, 0.3) is 6.43 Å². The zero-order chi connectivity index (χ0) is 13.2. The van der Waals surface area contributed by atoms with Gasteiger partial charge in [-0.05, 0) is 25.1 Å². The van der Waals surface area contributed by atoms with E-state index < -0.39 is 30.0 Å². The van der Waals surface area contributed by atoms with Gasteiger partial charge in [-0.1, -0.05) is 0 Å². The van der Waals surface area contributed by atoms with Gasteiger partial charge in [-0.3, -0.25) is 0 Å². The lowest BCUT2D eigenvalue weighted by Crippen LogP contribution is -2.24. The second-order valence-corrected chi connectivity index (χ2v) is 3.46. The highest BCUT2D eigenvalue weighted by Gasteiger charge is 2.34. The van der Waals surface area contributed by atoms with Crippen molar-refractivity contribution in [2.45, 2.75) is 25.6 Å². The van der Waals surface area contributed by atoms with E-state index in [0.717, 1.165) is 13.0 Å². The average molecular weight is 257 g/mol. The predicted molar refractivity (Wildman–Crippen MR) is 50.5 cm³/mol. The van der Waals surface area contributed by atoms with Gasteiger partial charge in [0.2, 0.25) is 0 Å². The van der Waals surface area contributed by atoms with Crippen LogP contribution in [0.15, 0.2) is 18.2 Å². The topological polar surface area (TPSA) is 12.0 Å². The smallest absolute Gasteiger partial charge is 0.377 e. The molecule has 1 rings (SSSR count). The van der Waals surface area contributed by atoms with Crippen LogP contribution >= 0.6 is 0 Å². The van der Waals surface area contributed by atoms with Gasteiger partial charge in [-0.25, -0.2) is 13.2 Å². The van der Waals surface area contributed by atoms with Gasteiger partial charge in [0.1, 0.15) is 5.82 Å². The Labute approximate surface area is 93.4 Å². The molecule has 0 bridgehead atoms. The summed E-state index contributed by atoms with van der Waals surface area (Å²) < 4.78 is 74.1. The van der Waals surface area contributed by atoms with Crippen LogP contribution < -0.4 is 5.32 Å². The van der Waals surface area contributed by atoms with Gasteiger partial charge in [-0.15, -0.1) is 0 Å². The Kier molecular flexibility index (Phi) is 3.90. The number of alkyl halides is 5. The van der Waals surface area contributed by atoms with Crippen LogP contribution in [-0.2, 0) is 6.18 Å². The van der Waals surface area contributed by atoms with Crippen LogP contribution in [0.4, 0.5) is 32.0 Å². The van der Waals surface area contributed by atoms with Crippen LogP contribution in [0.25, 0.3) is 0 Å². The number of anilines is 1.